The first kappa shape index (κ1) is 18.2. The first-order chi connectivity index (χ1) is 12.0. The summed E-state index contributed by atoms with van der Waals surface area (Å²) < 4.78 is 5.10. The molecule has 0 aromatic heterocycles. The number of carbonyl (C=O) groups is 1. The minimum absolute atomic E-state index is 0.0838. The van der Waals surface area contributed by atoms with Gasteiger partial charge in [-0.15, -0.1) is 0 Å². The molecule has 6 nitrogen and oxygen atoms in total. The highest BCUT2D eigenvalue weighted by atomic mass is 16.6. The summed E-state index contributed by atoms with van der Waals surface area (Å²) in [7, 11) is 0. The Balaban J connectivity index is 1.86. The third kappa shape index (κ3) is 5.46. The van der Waals surface area contributed by atoms with Crippen LogP contribution in [0.4, 0.5) is 10.5 Å². The van der Waals surface area contributed by atoms with Gasteiger partial charge >= 0.3 is 6.09 Å². The van der Waals surface area contributed by atoms with Crippen LogP contribution < -0.4 is 5.32 Å². The van der Waals surface area contributed by atoms with Gasteiger partial charge in [0.05, 0.1) is 4.92 Å². The Labute approximate surface area is 146 Å². The van der Waals surface area contributed by atoms with Gasteiger partial charge in [-0.25, -0.2) is 4.79 Å². The van der Waals surface area contributed by atoms with Crippen molar-refractivity contribution in [2.75, 3.05) is 6.54 Å². The van der Waals surface area contributed by atoms with E-state index in [1.165, 1.54) is 6.07 Å². The molecule has 1 amide bonds. The smallest absolute Gasteiger partial charge is 0.407 e. The molecule has 0 spiro atoms. The number of alkyl carbamates (subject to hydrolysis) is 1. The van der Waals surface area contributed by atoms with Crippen molar-refractivity contribution in [1.82, 2.24) is 5.32 Å². The van der Waals surface area contributed by atoms with E-state index in [2.05, 4.69) is 5.32 Å². The third-order valence-corrected chi connectivity index (χ3v) is 3.66. The van der Waals surface area contributed by atoms with Crippen LogP contribution in [0.2, 0.25) is 0 Å². The zero-order valence-corrected chi connectivity index (χ0v) is 14.2. The zero-order chi connectivity index (χ0) is 18.2. The molecule has 6 heteroatoms. The number of hydrogen-bond donors (Lipinski definition) is 1. The molecule has 0 unspecified atom stereocenters. The number of nitrogens with zero attached hydrogens (tertiary/aromatic N) is 1. The molecule has 0 fully saturated rings. The maximum Gasteiger partial charge on any atom is 0.407 e. The average Bonchev–Trinajstić information content (AvgIpc) is 2.59. The largest absolute Gasteiger partial charge is 0.445 e. The first-order valence-electron chi connectivity index (χ1n) is 7.84. The summed E-state index contributed by atoms with van der Waals surface area (Å²) in [6.07, 6.45) is 2.96. The lowest BCUT2D eigenvalue weighted by molar-refractivity contribution is -0.385. The van der Waals surface area contributed by atoms with Crippen molar-refractivity contribution >= 4 is 17.9 Å². The van der Waals surface area contributed by atoms with Crippen LogP contribution in [0.15, 0.2) is 48.5 Å². The molecule has 0 bridgehead atoms. The van der Waals surface area contributed by atoms with Gasteiger partial charge in [0.1, 0.15) is 6.61 Å². The lowest BCUT2D eigenvalue weighted by atomic mass is 10.0. The molecule has 25 heavy (non-hydrogen) atoms. The van der Waals surface area contributed by atoms with Gasteiger partial charge in [0.2, 0.25) is 0 Å². The van der Waals surface area contributed by atoms with E-state index in [-0.39, 0.29) is 18.8 Å². The van der Waals surface area contributed by atoms with Gasteiger partial charge in [0, 0.05) is 18.2 Å². The van der Waals surface area contributed by atoms with E-state index in [1.807, 2.05) is 37.3 Å². The Hall–Kier alpha value is -3.15. The summed E-state index contributed by atoms with van der Waals surface area (Å²) in [5.74, 6) is 0. The number of ether oxygens (including phenoxy) is 1. The van der Waals surface area contributed by atoms with E-state index in [4.69, 9.17) is 4.74 Å². The fourth-order valence-electron chi connectivity index (χ4n) is 2.34. The number of amides is 1. The lowest BCUT2D eigenvalue weighted by Crippen LogP contribution is -2.24. The Morgan fingerprint density at radius 2 is 1.92 bits per heavy atom. The molecule has 0 aliphatic heterocycles. The number of nitro benzene ring substituents is 1. The van der Waals surface area contributed by atoms with Crippen molar-refractivity contribution in [1.29, 1.82) is 0 Å². The van der Waals surface area contributed by atoms with Crippen LogP contribution in [-0.4, -0.2) is 17.6 Å². The molecule has 2 rings (SSSR count). The van der Waals surface area contributed by atoms with Gasteiger partial charge in [-0.1, -0.05) is 42.5 Å². The fraction of sp³-hybridized carbons (Fsp3) is 0.211. The molecule has 0 aliphatic rings. The summed E-state index contributed by atoms with van der Waals surface area (Å²) in [6.45, 7) is 4.08. The van der Waals surface area contributed by atoms with Crippen LogP contribution in [-0.2, 0) is 11.3 Å². The molecule has 2 aromatic rings. The number of nitro groups is 1. The van der Waals surface area contributed by atoms with E-state index in [1.54, 1.807) is 25.1 Å². The maximum atomic E-state index is 11.6. The molecule has 130 valence electrons. The van der Waals surface area contributed by atoms with Crippen LogP contribution in [0, 0.1) is 24.0 Å². The van der Waals surface area contributed by atoms with Crippen LogP contribution in [0.3, 0.4) is 0 Å². The van der Waals surface area contributed by atoms with Gasteiger partial charge in [-0.3, -0.25) is 10.1 Å². The number of benzene rings is 2. The summed E-state index contributed by atoms with van der Waals surface area (Å²) in [5, 5.41) is 13.6. The maximum absolute atomic E-state index is 11.6. The number of carbonyl (C=O) groups excluding carboxylic acids is 1. The monoisotopic (exact) mass is 340 g/mol. The molecule has 0 saturated heterocycles. The molecule has 0 heterocycles. The normalized spacial score (nSPS) is 10.6. The summed E-state index contributed by atoms with van der Waals surface area (Å²) in [6, 6.07) is 12.7. The predicted octanol–water partition coefficient (Wildman–Crippen LogP) is 4.15. The van der Waals surface area contributed by atoms with Crippen molar-refractivity contribution in [2.45, 2.75) is 20.5 Å². The quantitative estimate of drug-likeness (QED) is 0.632. The van der Waals surface area contributed by atoms with E-state index in [0.29, 0.717) is 5.56 Å². The Morgan fingerprint density at radius 1 is 1.20 bits per heavy atom. The summed E-state index contributed by atoms with van der Waals surface area (Å²) in [4.78, 5) is 22.2. The van der Waals surface area contributed by atoms with Crippen molar-refractivity contribution in [3.63, 3.8) is 0 Å². The van der Waals surface area contributed by atoms with E-state index in [0.717, 1.165) is 16.7 Å². The predicted molar refractivity (Wildman–Crippen MR) is 96.2 cm³/mol. The van der Waals surface area contributed by atoms with Crippen LogP contribution >= 0.6 is 0 Å². The first-order valence-corrected chi connectivity index (χ1v) is 7.84. The van der Waals surface area contributed by atoms with Crippen LogP contribution in [0.5, 0.6) is 0 Å². The van der Waals surface area contributed by atoms with Gasteiger partial charge in [-0.2, -0.15) is 0 Å². The Kier molecular flexibility index (Phi) is 6.28. The topological polar surface area (TPSA) is 81.5 Å². The second-order valence-electron chi connectivity index (χ2n) is 5.60. The van der Waals surface area contributed by atoms with Crippen molar-refractivity contribution in [3.8, 4) is 0 Å². The Morgan fingerprint density at radius 3 is 2.60 bits per heavy atom. The number of aryl methyl sites for hydroxylation is 2. The second kappa shape index (κ2) is 8.63. The van der Waals surface area contributed by atoms with E-state index >= 15 is 0 Å². The van der Waals surface area contributed by atoms with Crippen LogP contribution in [0.1, 0.15) is 22.3 Å². The highest BCUT2D eigenvalue weighted by Crippen LogP contribution is 2.23. The van der Waals surface area contributed by atoms with Crippen molar-refractivity contribution < 1.29 is 14.5 Å². The highest BCUT2D eigenvalue weighted by molar-refractivity contribution is 5.68. The summed E-state index contributed by atoms with van der Waals surface area (Å²) in [5.41, 5.74) is 3.31. The molecular formula is C19H20N2O4. The van der Waals surface area contributed by atoms with Gasteiger partial charge in [0.15, 0.2) is 0 Å². The number of nitrogens with one attached hydrogen (secondary N) is 1. The minimum Gasteiger partial charge on any atom is -0.445 e. The molecule has 0 radical (unpaired) electrons. The fourth-order valence-corrected chi connectivity index (χ4v) is 2.34. The van der Waals surface area contributed by atoms with Crippen LogP contribution in [0.25, 0.3) is 6.08 Å². The van der Waals surface area contributed by atoms with E-state index < -0.39 is 11.0 Å². The molecule has 0 aliphatic carbocycles. The summed E-state index contributed by atoms with van der Waals surface area (Å²) >= 11 is 0. The standard InChI is InChI=1S/C19H20N2O4/c1-14-11-15(2)18(21(23)24)12-17(14)9-6-10-20-19(22)25-13-16-7-4-3-5-8-16/h3-9,11-12H,10,13H2,1-2H3,(H,20,22). The lowest BCUT2D eigenvalue weighted by Gasteiger charge is -2.06. The molecule has 0 atom stereocenters. The number of rotatable bonds is 6. The van der Waals surface area contributed by atoms with Gasteiger partial charge < -0.3 is 10.1 Å². The van der Waals surface area contributed by atoms with Crippen molar-refractivity contribution in [2.24, 2.45) is 0 Å². The molecule has 1 N–H and O–H groups in total. The SMILES string of the molecule is Cc1cc(C)c([N+](=O)[O-])cc1C=CCNC(=O)OCc1ccccc1. The second-order valence-corrected chi connectivity index (χ2v) is 5.60. The zero-order valence-electron chi connectivity index (χ0n) is 14.2. The van der Waals surface area contributed by atoms with Gasteiger partial charge in [0.25, 0.3) is 5.69 Å². The van der Waals surface area contributed by atoms with Crippen molar-refractivity contribution in [3.05, 3.63) is 80.9 Å². The number of hydrogen-bond acceptors (Lipinski definition) is 4. The highest BCUT2D eigenvalue weighted by Gasteiger charge is 2.12. The Bertz CT molecular complexity index is 786. The third-order valence-electron chi connectivity index (χ3n) is 3.66. The average molecular weight is 340 g/mol. The van der Waals surface area contributed by atoms with E-state index in [9.17, 15) is 14.9 Å². The van der Waals surface area contributed by atoms with Gasteiger partial charge in [-0.05, 0) is 36.6 Å². The molecular weight excluding hydrogens is 320 g/mol. The molecule has 2 aromatic carbocycles. The minimum atomic E-state index is -0.514. The molecule has 0 saturated carbocycles.